The topological polar surface area (TPSA) is 78.9 Å². The van der Waals surface area contributed by atoms with E-state index in [0.29, 0.717) is 18.4 Å². The SMILES string of the molecule is CC.CC(C)CCNC(=O)OC(C)(C)C.CCCCC.O=C(CC1CCCCC1)N1CCCC1CO. The first-order chi connectivity index (χ1) is 17.0. The van der Waals surface area contributed by atoms with Gasteiger partial charge in [-0.1, -0.05) is 80.1 Å². The molecule has 1 heterocycles. The fraction of sp³-hybridized carbons (Fsp3) is 0.933. The molecule has 1 saturated carbocycles. The van der Waals surface area contributed by atoms with Crippen molar-refractivity contribution >= 4 is 12.0 Å². The van der Waals surface area contributed by atoms with Crippen molar-refractivity contribution in [3.63, 3.8) is 0 Å². The lowest BCUT2D eigenvalue weighted by Gasteiger charge is -2.27. The van der Waals surface area contributed by atoms with Crippen LogP contribution in [0.4, 0.5) is 4.79 Å². The maximum atomic E-state index is 12.1. The highest BCUT2D eigenvalue weighted by Crippen LogP contribution is 2.28. The summed E-state index contributed by atoms with van der Waals surface area (Å²) in [5.41, 5.74) is -0.401. The van der Waals surface area contributed by atoms with Crippen molar-refractivity contribution in [2.24, 2.45) is 11.8 Å². The molecule has 2 rings (SSSR count). The highest BCUT2D eigenvalue weighted by atomic mass is 16.6. The molecule has 2 N–H and O–H groups in total. The number of nitrogens with zero attached hydrogens (tertiary/aromatic N) is 1. The van der Waals surface area contributed by atoms with Crippen molar-refractivity contribution in [3.05, 3.63) is 0 Å². The molecule has 6 heteroatoms. The summed E-state index contributed by atoms with van der Waals surface area (Å²) in [4.78, 5) is 25.1. The maximum absolute atomic E-state index is 12.1. The van der Waals surface area contributed by atoms with E-state index >= 15 is 0 Å². The van der Waals surface area contributed by atoms with E-state index in [1.54, 1.807) is 0 Å². The average Bonchev–Trinajstić information content (AvgIpc) is 3.30. The van der Waals surface area contributed by atoms with Crippen molar-refractivity contribution in [2.75, 3.05) is 19.7 Å². The molecule has 36 heavy (non-hydrogen) atoms. The standard InChI is InChI=1S/C13H23NO2.C10H21NO2.C5H12.C2H6/c15-10-12-7-4-8-14(12)13(16)9-11-5-2-1-3-6-11;1-8(2)6-7-11-9(12)13-10(3,4)5;1-3-5-4-2;1-2/h11-12,15H,1-10H2;8H,6-7H2,1-5H3,(H,11,12);3-5H2,1-2H3;1-2H3. The van der Waals surface area contributed by atoms with Crippen molar-refractivity contribution < 1.29 is 19.4 Å². The molecule has 2 fully saturated rings. The van der Waals surface area contributed by atoms with Crippen molar-refractivity contribution in [1.29, 1.82) is 0 Å². The van der Waals surface area contributed by atoms with Crippen molar-refractivity contribution in [2.45, 2.75) is 151 Å². The number of carbonyl (C=O) groups excluding carboxylic acids is 2. The van der Waals surface area contributed by atoms with Gasteiger partial charge < -0.3 is 20.1 Å². The monoisotopic (exact) mass is 514 g/mol. The first kappa shape index (κ1) is 36.9. The van der Waals surface area contributed by atoms with Crippen LogP contribution >= 0.6 is 0 Å². The normalized spacial score (nSPS) is 17.6. The van der Waals surface area contributed by atoms with Gasteiger partial charge in [0.15, 0.2) is 0 Å². The Labute approximate surface area is 224 Å². The number of nitrogens with one attached hydrogen (secondary N) is 1. The largest absolute Gasteiger partial charge is 0.444 e. The molecular formula is C30H62N2O4. The molecule has 6 nitrogen and oxygen atoms in total. The zero-order valence-corrected chi connectivity index (χ0v) is 25.5. The molecule has 1 unspecified atom stereocenters. The summed E-state index contributed by atoms with van der Waals surface area (Å²) in [5, 5.41) is 11.9. The van der Waals surface area contributed by atoms with Crippen LogP contribution in [0.25, 0.3) is 0 Å². The highest BCUT2D eigenvalue weighted by molar-refractivity contribution is 5.77. The van der Waals surface area contributed by atoms with Crippen LogP contribution in [0, 0.1) is 11.8 Å². The number of aliphatic hydroxyl groups excluding tert-OH is 1. The predicted molar refractivity (Wildman–Crippen MR) is 153 cm³/mol. The Morgan fingerprint density at radius 1 is 1.00 bits per heavy atom. The second kappa shape index (κ2) is 22.9. The number of amides is 2. The molecule has 0 aromatic carbocycles. The fourth-order valence-corrected chi connectivity index (χ4v) is 4.24. The van der Waals surface area contributed by atoms with E-state index in [1.807, 2.05) is 39.5 Å². The summed E-state index contributed by atoms with van der Waals surface area (Å²) in [7, 11) is 0. The average molecular weight is 515 g/mol. The van der Waals surface area contributed by atoms with E-state index in [9.17, 15) is 14.7 Å². The third kappa shape index (κ3) is 20.8. The minimum atomic E-state index is -0.401. The minimum Gasteiger partial charge on any atom is -0.444 e. The molecule has 0 aromatic rings. The van der Waals surface area contributed by atoms with E-state index in [2.05, 4.69) is 33.0 Å². The number of likely N-dealkylation sites (tertiary alicyclic amines) is 1. The van der Waals surface area contributed by atoms with Crippen LogP contribution in [0.2, 0.25) is 0 Å². The van der Waals surface area contributed by atoms with E-state index in [4.69, 9.17) is 4.74 Å². The summed E-state index contributed by atoms with van der Waals surface area (Å²) < 4.78 is 5.07. The predicted octanol–water partition coefficient (Wildman–Crippen LogP) is 7.72. The molecule has 1 aliphatic heterocycles. The summed E-state index contributed by atoms with van der Waals surface area (Å²) in [5.74, 6) is 1.50. The molecule has 0 radical (unpaired) electrons. The van der Waals surface area contributed by atoms with Gasteiger partial charge in [-0.05, 0) is 64.7 Å². The lowest BCUT2D eigenvalue weighted by molar-refractivity contribution is -0.134. The zero-order valence-electron chi connectivity index (χ0n) is 25.5. The first-order valence-electron chi connectivity index (χ1n) is 14.9. The number of rotatable bonds is 8. The molecule has 2 amide bonds. The van der Waals surface area contributed by atoms with Gasteiger partial charge in [-0.3, -0.25) is 4.79 Å². The second-order valence-electron chi connectivity index (χ2n) is 11.2. The maximum Gasteiger partial charge on any atom is 0.407 e. The lowest BCUT2D eigenvalue weighted by Crippen LogP contribution is -2.38. The molecule has 0 spiro atoms. The first-order valence-corrected chi connectivity index (χ1v) is 14.9. The van der Waals surface area contributed by atoms with Gasteiger partial charge in [0.05, 0.1) is 12.6 Å². The van der Waals surface area contributed by atoms with Gasteiger partial charge in [0, 0.05) is 19.5 Å². The number of alkyl carbamates (subject to hydrolysis) is 1. The Hall–Kier alpha value is -1.30. The summed E-state index contributed by atoms with van der Waals surface area (Å²) in [6, 6.07) is 0.107. The molecule has 0 aromatic heterocycles. The Balaban J connectivity index is 0. The Kier molecular flexibility index (Phi) is 23.4. The summed E-state index contributed by atoms with van der Waals surface area (Å²) in [6.45, 7) is 19.9. The Morgan fingerprint density at radius 2 is 1.58 bits per heavy atom. The van der Waals surface area contributed by atoms with Crippen LogP contribution in [0.1, 0.15) is 139 Å². The number of ether oxygens (including phenoxy) is 1. The Morgan fingerprint density at radius 3 is 2.03 bits per heavy atom. The molecule has 2 aliphatic rings. The van der Waals surface area contributed by atoms with Gasteiger partial charge in [0.25, 0.3) is 0 Å². The molecule has 216 valence electrons. The van der Waals surface area contributed by atoms with Gasteiger partial charge >= 0.3 is 6.09 Å². The van der Waals surface area contributed by atoms with Gasteiger partial charge in [0.1, 0.15) is 5.60 Å². The summed E-state index contributed by atoms with van der Waals surface area (Å²) in [6.07, 6.45) is 13.9. The second-order valence-corrected chi connectivity index (χ2v) is 11.2. The third-order valence-electron chi connectivity index (χ3n) is 6.19. The van der Waals surface area contributed by atoms with E-state index in [1.165, 1.54) is 51.4 Å². The van der Waals surface area contributed by atoms with Crippen molar-refractivity contribution in [1.82, 2.24) is 10.2 Å². The van der Waals surface area contributed by atoms with Crippen LogP contribution < -0.4 is 5.32 Å². The molecule has 1 atom stereocenters. The highest BCUT2D eigenvalue weighted by Gasteiger charge is 2.29. The quantitative estimate of drug-likeness (QED) is 0.347. The third-order valence-corrected chi connectivity index (χ3v) is 6.19. The Bertz CT molecular complexity index is 524. The smallest absolute Gasteiger partial charge is 0.407 e. The number of aliphatic hydroxyl groups is 1. The van der Waals surface area contributed by atoms with E-state index in [-0.39, 0.29) is 24.6 Å². The van der Waals surface area contributed by atoms with Gasteiger partial charge in [0.2, 0.25) is 5.91 Å². The number of unbranched alkanes of at least 4 members (excludes halogenated alkanes) is 2. The number of carbonyl (C=O) groups is 2. The van der Waals surface area contributed by atoms with Gasteiger partial charge in [-0.2, -0.15) is 0 Å². The minimum absolute atomic E-state index is 0.107. The van der Waals surface area contributed by atoms with Crippen LogP contribution in [0.15, 0.2) is 0 Å². The van der Waals surface area contributed by atoms with Crippen molar-refractivity contribution in [3.8, 4) is 0 Å². The zero-order chi connectivity index (χ0) is 28.0. The van der Waals surface area contributed by atoms with Gasteiger partial charge in [-0.15, -0.1) is 0 Å². The summed E-state index contributed by atoms with van der Waals surface area (Å²) >= 11 is 0. The van der Waals surface area contributed by atoms with Crippen LogP contribution in [-0.4, -0.2) is 53.3 Å². The number of hydrogen-bond acceptors (Lipinski definition) is 4. The van der Waals surface area contributed by atoms with E-state index < -0.39 is 5.60 Å². The van der Waals surface area contributed by atoms with Gasteiger partial charge in [-0.25, -0.2) is 4.79 Å². The fourth-order valence-electron chi connectivity index (χ4n) is 4.24. The molecule has 1 aliphatic carbocycles. The lowest BCUT2D eigenvalue weighted by atomic mass is 9.86. The van der Waals surface area contributed by atoms with Crippen LogP contribution in [-0.2, 0) is 9.53 Å². The molecule has 1 saturated heterocycles. The molecular weight excluding hydrogens is 452 g/mol. The van der Waals surface area contributed by atoms with E-state index in [0.717, 1.165) is 32.2 Å². The number of hydrogen-bond donors (Lipinski definition) is 2. The molecule has 0 bridgehead atoms. The van der Waals surface area contributed by atoms with Crippen LogP contribution in [0.5, 0.6) is 0 Å². The van der Waals surface area contributed by atoms with Crippen LogP contribution in [0.3, 0.4) is 0 Å².